The highest BCUT2D eigenvalue weighted by atomic mass is 16.3. The molecule has 0 aliphatic carbocycles. The maximum Gasteiger partial charge on any atom is 0.149 e. The molecular formula is C15H25NO2. The monoisotopic (exact) mass is 251 g/mol. The van der Waals surface area contributed by atoms with Gasteiger partial charge in [0.05, 0.1) is 6.54 Å². The minimum Gasteiger partial charge on any atom is -0.508 e. The van der Waals surface area contributed by atoms with Crippen molar-refractivity contribution >= 4 is 5.78 Å². The van der Waals surface area contributed by atoms with Crippen LogP contribution in [0, 0.1) is 12.8 Å². The van der Waals surface area contributed by atoms with Crippen molar-refractivity contribution in [2.45, 2.75) is 40.7 Å². The summed E-state index contributed by atoms with van der Waals surface area (Å²) in [5.74, 6) is 0.774. The maximum atomic E-state index is 11.0. The van der Waals surface area contributed by atoms with Crippen molar-refractivity contribution in [3.05, 3.63) is 29.8 Å². The molecule has 0 fully saturated rings. The van der Waals surface area contributed by atoms with E-state index in [0.29, 0.717) is 18.3 Å². The molecule has 102 valence electrons. The minimum absolute atomic E-state index is 0.159. The standard InChI is InChI=1S/C8H17NO.C7H8O/c1-6(2)8(10)5-9-7(3)4;1-6-2-4-7(8)5-3-6/h6-7,9H,5H2,1-4H3;2-5,8H,1H3. The van der Waals surface area contributed by atoms with Gasteiger partial charge in [0, 0.05) is 12.0 Å². The van der Waals surface area contributed by atoms with E-state index in [4.69, 9.17) is 5.11 Å². The Morgan fingerprint density at radius 3 is 2.00 bits per heavy atom. The Morgan fingerprint density at radius 1 is 1.17 bits per heavy atom. The van der Waals surface area contributed by atoms with Crippen LogP contribution in [-0.2, 0) is 4.79 Å². The van der Waals surface area contributed by atoms with Crippen LogP contribution in [0.1, 0.15) is 33.3 Å². The summed E-state index contributed by atoms with van der Waals surface area (Å²) in [6, 6.07) is 7.50. The molecule has 0 spiro atoms. The first-order valence-corrected chi connectivity index (χ1v) is 6.34. The number of phenolic OH excluding ortho intramolecular Hbond substituents is 1. The number of carbonyl (C=O) groups is 1. The third-order valence-electron chi connectivity index (χ3n) is 2.36. The molecule has 0 atom stereocenters. The second-order valence-corrected chi connectivity index (χ2v) is 4.99. The zero-order valence-corrected chi connectivity index (χ0v) is 12.0. The van der Waals surface area contributed by atoms with Gasteiger partial charge in [0.15, 0.2) is 0 Å². The molecular weight excluding hydrogens is 226 g/mol. The van der Waals surface area contributed by atoms with E-state index in [1.807, 2.05) is 46.8 Å². The molecule has 0 bridgehead atoms. The van der Waals surface area contributed by atoms with E-state index in [2.05, 4.69) is 5.32 Å². The molecule has 3 heteroatoms. The van der Waals surface area contributed by atoms with Gasteiger partial charge in [-0.1, -0.05) is 45.4 Å². The van der Waals surface area contributed by atoms with Gasteiger partial charge in [-0.05, 0) is 19.1 Å². The Kier molecular flexibility index (Phi) is 8.05. The van der Waals surface area contributed by atoms with Crippen LogP contribution in [0.2, 0.25) is 0 Å². The Morgan fingerprint density at radius 2 is 1.67 bits per heavy atom. The zero-order chi connectivity index (χ0) is 14.1. The summed E-state index contributed by atoms with van der Waals surface area (Å²) < 4.78 is 0. The van der Waals surface area contributed by atoms with Crippen LogP contribution in [0.4, 0.5) is 0 Å². The van der Waals surface area contributed by atoms with E-state index < -0.39 is 0 Å². The third kappa shape index (κ3) is 8.76. The minimum atomic E-state index is 0.159. The second-order valence-electron chi connectivity index (χ2n) is 4.99. The Balaban J connectivity index is 0.000000327. The molecule has 0 unspecified atom stereocenters. The number of ketones is 1. The van der Waals surface area contributed by atoms with Crippen molar-refractivity contribution < 1.29 is 9.90 Å². The molecule has 1 rings (SSSR count). The van der Waals surface area contributed by atoms with Gasteiger partial charge in [-0.2, -0.15) is 0 Å². The van der Waals surface area contributed by atoms with E-state index in [0.717, 1.165) is 0 Å². The van der Waals surface area contributed by atoms with Crippen LogP contribution in [-0.4, -0.2) is 23.5 Å². The van der Waals surface area contributed by atoms with E-state index in [1.54, 1.807) is 12.1 Å². The van der Waals surface area contributed by atoms with Crippen molar-refractivity contribution in [1.29, 1.82) is 0 Å². The number of aromatic hydroxyl groups is 1. The number of phenols is 1. The fraction of sp³-hybridized carbons (Fsp3) is 0.533. The number of aryl methyl sites for hydroxylation is 1. The van der Waals surface area contributed by atoms with Gasteiger partial charge in [-0.25, -0.2) is 0 Å². The molecule has 0 saturated heterocycles. The Labute approximate surface area is 110 Å². The van der Waals surface area contributed by atoms with Gasteiger partial charge in [0.2, 0.25) is 0 Å². The lowest BCUT2D eigenvalue weighted by Gasteiger charge is -2.08. The SMILES string of the molecule is CC(C)NCC(=O)C(C)C.Cc1ccc(O)cc1. The number of Topliss-reactive ketones (excluding diaryl/α,β-unsaturated/α-hetero) is 1. The van der Waals surface area contributed by atoms with Crippen molar-refractivity contribution in [3.63, 3.8) is 0 Å². The van der Waals surface area contributed by atoms with Crippen LogP contribution in [0.5, 0.6) is 5.75 Å². The van der Waals surface area contributed by atoms with E-state index in [1.165, 1.54) is 5.56 Å². The van der Waals surface area contributed by atoms with E-state index in [-0.39, 0.29) is 11.7 Å². The predicted molar refractivity (Wildman–Crippen MR) is 75.8 cm³/mol. The highest BCUT2D eigenvalue weighted by Crippen LogP contribution is 2.07. The number of nitrogens with one attached hydrogen (secondary N) is 1. The topological polar surface area (TPSA) is 49.3 Å². The molecule has 0 saturated carbocycles. The summed E-state index contributed by atoms with van der Waals surface area (Å²) in [5.41, 5.74) is 1.17. The fourth-order valence-electron chi connectivity index (χ4n) is 1.05. The van der Waals surface area contributed by atoms with Crippen LogP contribution in [0.15, 0.2) is 24.3 Å². The third-order valence-corrected chi connectivity index (χ3v) is 2.36. The molecule has 3 nitrogen and oxygen atoms in total. The van der Waals surface area contributed by atoms with Gasteiger partial charge in [-0.3, -0.25) is 4.79 Å². The van der Waals surface area contributed by atoms with E-state index >= 15 is 0 Å². The first-order valence-electron chi connectivity index (χ1n) is 6.34. The van der Waals surface area contributed by atoms with Gasteiger partial charge in [0.1, 0.15) is 11.5 Å². The first-order chi connectivity index (χ1) is 8.32. The Hall–Kier alpha value is -1.35. The summed E-state index contributed by atoms with van der Waals surface area (Å²) in [7, 11) is 0. The van der Waals surface area contributed by atoms with Gasteiger partial charge in [-0.15, -0.1) is 0 Å². The molecule has 1 aromatic carbocycles. The molecule has 0 heterocycles. The normalized spacial score (nSPS) is 10.2. The second kappa shape index (κ2) is 8.70. The number of hydrogen-bond donors (Lipinski definition) is 2. The van der Waals surface area contributed by atoms with Gasteiger partial charge >= 0.3 is 0 Å². The lowest BCUT2D eigenvalue weighted by molar-refractivity contribution is -0.121. The largest absolute Gasteiger partial charge is 0.508 e. The molecule has 0 radical (unpaired) electrons. The van der Waals surface area contributed by atoms with Crippen LogP contribution < -0.4 is 5.32 Å². The molecule has 2 N–H and O–H groups in total. The van der Waals surface area contributed by atoms with Crippen molar-refractivity contribution in [2.75, 3.05) is 6.54 Å². The number of rotatable bonds is 4. The summed E-state index contributed by atoms with van der Waals surface area (Å²) in [5, 5.41) is 11.8. The highest BCUT2D eigenvalue weighted by Gasteiger charge is 2.05. The van der Waals surface area contributed by atoms with Gasteiger partial charge < -0.3 is 10.4 Å². The molecule has 18 heavy (non-hydrogen) atoms. The Bertz CT molecular complexity index is 321. The summed E-state index contributed by atoms with van der Waals surface area (Å²) >= 11 is 0. The van der Waals surface area contributed by atoms with Crippen molar-refractivity contribution in [2.24, 2.45) is 5.92 Å². The highest BCUT2D eigenvalue weighted by molar-refractivity contribution is 5.82. The molecule has 0 aliphatic heterocycles. The average Bonchev–Trinajstić information content (AvgIpc) is 2.30. The maximum absolute atomic E-state index is 11.0. The number of hydrogen-bond acceptors (Lipinski definition) is 3. The molecule has 0 aliphatic rings. The van der Waals surface area contributed by atoms with Crippen molar-refractivity contribution in [3.8, 4) is 5.75 Å². The molecule has 1 aromatic rings. The van der Waals surface area contributed by atoms with Crippen LogP contribution in [0.3, 0.4) is 0 Å². The smallest absolute Gasteiger partial charge is 0.149 e. The van der Waals surface area contributed by atoms with E-state index in [9.17, 15) is 4.79 Å². The first kappa shape index (κ1) is 16.6. The van der Waals surface area contributed by atoms with Gasteiger partial charge in [0.25, 0.3) is 0 Å². The predicted octanol–water partition coefficient (Wildman–Crippen LogP) is 2.91. The molecule has 0 amide bonds. The molecule has 0 aromatic heterocycles. The summed E-state index contributed by atoms with van der Waals surface area (Å²) in [4.78, 5) is 11.0. The quantitative estimate of drug-likeness (QED) is 0.865. The van der Waals surface area contributed by atoms with Crippen LogP contribution in [0.25, 0.3) is 0 Å². The van der Waals surface area contributed by atoms with Crippen LogP contribution >= 0.6 is 0 Å². The zero-order valence-electron chi connectivity index (χ0n) is 12.0. The lowest BCUT2D eigenvalue weighted by Crippen LogP contribution is -2.31. The average molecular weight is 251 g/mol. The fourth-order valence-corrected chi connectivity index (χ4v) is 1.05. The summed E-state index contributed by atoms with van der Waals surface area (Å²) in [6.45, 7) is 10.4. The lowest BCUT2D eigenvalue weighted by atomic mass is 10.1. The summed E-state index contributed by atoms with van der Waals surface area (Å²) in [6.07, 6.45) is 0. The van der Waals surface area contributed by atoms with Crippen molar-refractivity contribution in [1.82, 2.24) is 5.32 Å². The number of carbonyl (C=O) groups excluding carboxylic acids is 1. The number of benzene rings is 1.